The first-order valence-corrected chi connectivity index (χ1v) is 9.81. The molecule has 3 heterocycles. The molecule has 1 amide bonds. The molecule has 1 aromatic heterocycles. The SMILES string of the molecule is CN(Cc1ccc(-n2cccn2)cc1)C(=O)[C@H]1CC2(CCNCC2)CN1C. The van der Waals surface area contributed by atoms with Crippen molar-refractivity contribution in [3.8, 4) is 5.69 Å². The van der Waals surface area contributed by atoms with Crippen molar-refractivity contribution in [3.63, 3.8) is 0 Å². The molecule has 0 saturated carbocycles. The molecule has 0 radical (unpaired) electrons. The normalized spacial score (nSPS) is 22.2. The van der Waals surface area contributed by atoms with Crippen LogP contribution in [0.4, 0.5) is 0 Å². The maximum Gasteiger partial charge on any atom is 0.239 e. The lowest BCUT2D eigenvalue weighted by Gasteiger charge is -2.33. The third-order valence-corrected chi connectivity index (χ3v) is 6.19. The fraction of sp³-hybridized carbons (Fsp3) is 0.524. The standard InChI is InChI=1S/C21H29N5O/c1-24(15-17-4-6-18(7-5-17)26-13-3-10-23-26)20(27)19-14-21(16-25(19)2)8-11-22-12-9-21/h3-7,10,13,19,22H,8-9,11-12,14-16H2,1-2H3/t19-/m1/s1. The molecule has 2 aliphatic heterocycles. The Kier molecular flexibility index (Phi) is 5.02. The second kappa shape index (κ2) is 7.44. The van der Waals surface area contributed by atoms with Gasteiger partial charge in [0.25, 0.3) is 0 Å². The van der Waals surface area contributed by atoms with Gasteiger partial charge < -0.3 is 10.2 Å². The van der Waals surface area contributed by atoms with E-state index in [2.05, 4.69) is 34.5 Å². The molecule has 2 saturated heterocycles. The van der Waals surface area contributed by atoms with Gasteiger partial charge in [-0.1, -0.05) is 12.1 Å². The van der Waals surface area contributed by atoms with Crippen LogP contribution in [0, 0.1) is 5.41 Å². The number of hydrogen-bond acceptors (Lipinski definition) is 4. The van der Waals surface area contributed by atoms with Crippen LogP contribution in [0.1, 0.15) is 24.8 Å². The maximum absolute atomic E-state index is 13.1. The van der Waals surface area contributed by atoms with E-state index in [1.165, 1.54) is 12.8 Å². The van der Waals surface area contributed by atoms with Gasteiger partial charge in [-0.25, -0.2) is 4.68 Å². The summed E-state index contributed by atoms with van der Waals surface area (Å²) in [5, 5.41) is 7.69. The number of nitrogens with zero attached hydrogens (tertiary/aromatic N) is 4. The van der Waals surface area contributed by atoms with Gasteiger partial charge in [-0.2, -0.15) is 5.10 Å². The largest absolute Gasteiger partial charge is 0.340 e. The van der Waals surface area contributed by atoms with Crippen molar-refractivity contribution >= 4 is 5.91 Å². The van der Waals surface area contributed by atoms with Crippen molar-refractivity contribution in [2.75, 3.05) is 33.7 Å². The molecule has 2 aliphatic rings. The van der Waals surface area contributed by atoms with E-state index in [1.807, 2.05) is 41.0 Å². The van der Waals surface area contributed by atoms with Crippen LogP contribution >= 0.6 is 0 Å². The van der Waals surface area contributed by atoms with Crippen molar-refractivity contribution < 1.29 is 4.79 Å². The number of benzene rings is 1. The lowest BCUT2D eigenvalue weighted by molar-refractivity contribution is -0.134. The summed E-state index contributed by atoms with van der Waals surface area (Å²) in [7, 11) is 4.02. The van der Waals surface area contributed by atoms with Crippen molar-refractivity contribution in [1.29, 1.82) is 0 Å². The van der Waals surface area contributed by atoms with Gasteiger partial charge in [-0.3, -0.25) is 9.69 Å². The highest BCUT2D eigenvalue weighted by atomic mass is 16.2. The summed E-state index contributed by atoms with van der Waals surface area (Å²) in [5.41, 5.74) is 2.49. The fourth-order valence-corrected chi connectivity index (χ4v) is 4.65. The zero-order chi connectivity index (χ0) is 18.9. The number of hydrogen-bond donors (Lipinski definition) is 1. The molecule has 4 rings (SSSR count). The Labute approximate surface area is 161 Å². The van der Waals surface area contributed by atoms with Crippen LogP contribution in [-0.2, 0) is 11.3 Å². The summed E-state index contributed by atoms with van der Waals surface area (Å²) in [6.45, 7) is 3.83. The highest BCUT2D eigenvalue weighted by Crippen LogP contribution is 2.41. The predicted molar refractivity (Wildman–Crippen MR) is 106 cm³/mol. The number of likely N-dealkylation sites (tertiary alicyclic amines) is 1. The number of likely N-dealkylation sites (N-methyl/N-ethyl adjacent to an activating group) is 2. The minimum absolute atomic E-state index is 0.0106. The molecule has 1 aromatic carbocycles. The third-order valence-electron chi connectivity index (χ3n) is 6.19. The lowest BCUT2D eigenvalue weighted by Crippen LogP contribution is -2.42. The molecular formula is C21H29N5O. The van der Waals surface area contributed by atoms with Crippen molar-refractivity contribution in [1.82, 2.24) is 24.9 Å². The highest BCUT2D eigenvalue weighted by molar-refractivity contribution is 5.82. The fourth-order valence-electron chi connectivity index (χ4n) is 4.65. The van der Waals surface area contributed by atoms with Gasteiger partial charge in [0.15, 0.2) is 0 Å². The van der Waals surface area contributed by atoms with Crippen LogP contribution in [0.15, 0.2) is 42.7 Å². The van der Waals surface area contributed by atoms with E-state index in [-0.39, 0.29) is 11.9 Å². The van der Waals surface area contributed by atoms with E-state index in [0.29, 0.717) is 12.0 Å². The highest BCUT2D eigenvalue weighted by Gasteiger charge is 2.46. The van der Waals surface area contributed by atoms with Crippen LogP contribution in [0.2, 0.25) is 0 Å². The van der Waals surface area contributed by atoms with E-state index in [1.54, 1.807) is 6.20 Å². The van der Waals surface area contributed by atoms with Crippen LogP contribution in [0.3, 0.4) is 0 Å². The first-order chi connectivity index (χ1) is 13.1. The monoisotopic (exact) mass is 367 g/mol. The second-order valence-corrected chi connectivity index (χ2v) is 8.20. The van der Waals surface area contributed by atoms with Crippen molar-refractivity contribution in [2.24, 2.45) is 5.41 Å². The summed E-state index contributed by atoms with van der Waals surface area (Å²) in [6, 6.07) is 10.2. The molecule has 144 valence electrons. The minimum Gasteiger partial charge on any atom is -0.340 e. The minimum atomic E-state index is 0.0106. The van der Waals surface area contributed by atoms with Crippen LogP contribution < -0.4 is 5.32 Å². The van der Waals surface area contributed by atoms with E-state index in [9.17, 15) is 4.79 Å². The topological polar surface area (TPSA) is 53.4 Å². The molecule has 0 unspecified atom stereocenters. The summed E-state index contributed by atoms with van der Waals surface area (Å²) >= 11 is 0. The lowest BCUT2D eigenvalue weighted by atomic mass is 9.77. The van der Waals surface area contributed by atoms with Gasteiger partial charge in [-0.05, 0) is 68.6 Å². The van der Waals surface area contributed by atoms with Gasteiger partial charge in [0.1, 0.15) is 0 Å². The Balaban J connectivity index is 1.39. The van der Waals surface area contributed by atoms with Gasteiger partial charge in [0.2, 0.25) is 5.91 Å². The van der Waals surface area contributed by atoms with Crippen LogP contribution in [-0.4, -0.2) is 65.3 Å². The molecule has 6 heteroatoms. The maximum atomic E-state index is 13.1. The number of piperidine rings is 1. The average molecular weight is 367 g/mol. The Hall–Kier alpha value is -2.18. The molecule has 1 N–H and O–H groups in total. The summed E-state index contributed by atoms with van der Waals surface area (Å²) in [6.07, 6.45) is 7.05. The first kappa shape index (κ1) is 18.2. The Morgan fingerprint density at radius 1 is 1.30 bits per heavy atom. The Morgan fingerprint density at radius 3 is 2.70 bits per heavy atom. The van der Waals surface area contributed by atoms with E-state index < -0.39 is 0 Å². The number of carbonyl (C=O) groups excluding carboxylic acids is 1. The van der Waals surface area contributed by atoms with E-state index >= 15 is 0 Å². The molecule has 27 heavy (non-hydrogen) atoms. The van der Waals surface area contributed by atoms with Crippen molar-refractivity contribution in [3.05, 3.63) is 48.3 Å². The van der Waals surface area contributed by atoms with E-state index in [0.717, 1.165) is 37.3 Å². The quantitative estimate of drug-likeness (QED) is 0.897. The van der Waals surface area contributed by atoms with Gasteiger partial charge in [0.05, 0.1) is 11.7 Å². The van der Waals surface area contributed by atoms with Gasteiger partial charge >= 0.3 is 0 Å². The molecule has 0 bridgehead atoms. The average Bonchev–Trinajstić information content (AvgIpc) is 3.31. The van der Waals surface area contributed by atoms with Crippen LogP contribution in [0.25, 0.3) is 5.69 Å². The van der Waals surface area contributed by atoms with Crippen LogP contribution in [0.5, 0.6) is 0 Å². The number of aromatic nitrogens is 2. The zero-order valence-electron chi connectivity index (χ0n) is 16.3. The molecule has 0 aliphatic carbocycles. The molecule has 6 nitrogen and oxygen atoms in total. The number of amides is 1. The molecule has 2 fully saturated rings. The zero-order valence-corrected chi connectivity index (χ0v) is 16.3. The van der Waals surface area contributed by atoms with Crippen molar-refractivity contribution in [2.45, 2.75) is 31.8 Å². The molecular weight excluding hydrogens is 338 g/mol. The second-order valence-electron chi connectivity index (χ2n) is 8.20. The Morgan fingerprint density at radius 2 is 2.04 bits per heavy atom. The number of nitrogens with one attached hydrogen (secondary N) is 1. The number of rotatable bonds is 4. The summed E-state index contributed by atoms with van der Waals surface area (Å²) in [4.78, 5) is 17.2. The molecule has 1 atom stereocenters. The Bertz CT molecular complexity index is 764. The summed E-state index contributed by atoms with van der Waals surface area (Å²) in [5.74, 6) is 0.240. The molecule has 2 aromatic rings. The van der Waals surface area contributed by atoms with E-state index in [4.69, 9.17) is 0 Å². The third kappa shape index (κ3) is 3.77. The smallest absolute Gasteiger partial charge is 0.239 e. The first-order valence-electron chi connectivity index (χ1n) is 9.81. The van der Waals surface area contributed by atoms with Gasteiger partial charge in [0, 0.05) is 32.5 Å². The number of carbonyl (C=O) groups is 1. The summed E-state index contributed by atoms with van der Waals surface area (Å²) < 4.78 is 1.84. The molecule has 1 spiro atoms. The van der Waals surface area contributed by atoms with Gasteiger partial charge in [-0.15, -0.1) is 0 Å². The predicted octanol–water partition coefficient (Wildman–Crippen LogP) is 1.90.